The van der Waals surface area contributed by atoms with E-state index in [1.807, 2.05) is 30.3 Å². The van der Waals surface area contributed by atoms with Crippen molar-refractivity contribution in [3.05, 3.63) is 108 Å². The van der Waals surface area contributed by atoms with Gasteiger partial charge in [-0.3, -0.25) is 4.79 Å². The Hall–Kier alpha value is -3.77. The number of benzene rings is 3. The molecule has 0 fully saturated rings. The molecule has 4 rings (SSSR count). The zero-order valence-corrected chi connectivity index (χ0v) is 23.4. The quantitative estimate of drug-likeness (QED) is 0.316. The lowest BCUT2D eigenvalue weighted by atomic mass is 9.93. The van der Waals surface area contributed by atoms with Gasteiger partial charge in [-0.2, -0.15) is 4.31 Å². The molecule has 1 aliphatic heterocycles. The summed E-state index contributed by atoms with van der Waals surface area (Å²) in [7, 11) is -2.43. The maximum absolute atomic E-state index is 13.6. The fourth-order valence-corrected chi connectivity index (χ4v) is 5.79. The second-order valence-electron chi connectivity index (χ2n) is 9.31. The van der Waals surface area contributed by atoms with Gasteiger partial charge in [0.25, 0.3) is 5.91 Å². The van der Waals surface area contributed by atoms with E-state index >= 15 is 0 Å². The number of halogens is 1. The summed E-state index contributed by atoms with van der Waals surface area (Å²) in [5.41, 5.74) is 1.70. The Balaban J connectivity index is 1.44. The summed E-state index contributed by atoms with van der Waals surface area (Å²) in [6.07, 6.45) is 1.14. The van der Waals surface area contributed by atoms with Crippen LogP contribution in [-0.4, -0.2) is 63.4 Å². The third kappa shape index (κ3) is 8.14. The van der Waals surface area contributed by atoms with Crippen molar-refractivity contribution in [1.82, 2.24) is 9.62 Å². The first-order valence-electron chi connectivity index (χ1n) is 13.1. The van der Waals surface area contributed by atoms with Gasteiger partial charge in [0.05, 0.1) is 25.2 Å². The number of hydrogen-bond acceptors (Lipinski definition) is 7. The Morgan fingerprint density at radius 1 is 1.05 bits per heavy atom. The number of amides is 1. The van der Waals surface area contributed by atoms with E-state index in [2.05, 4.69) is 5.32 Å². The summed E-state index contributed by atoms with van der Waals surface area (Å²) in [6, 6.07) is 21.4. The zero-order chi connectivity index (χ0) is 29.2. The van der Waals surface area contributed by atoms with Gasteiger partial charge in [0.2, 0.25) is 16.3 Å². The number of carbonyl (C=O) groups is 1. The topological polar surface area (TPSA) is 114 Å². The van der Waals surface area contributed by atoms with Crippen LogP contribution >= 0.6 is 0 Å². The lowest BCUT2D eigenvalue weighted by molar-refractivity contribution is -0.146. The van der Waals surface area contributed by atoms with E-state index in [-0.39, 0.29) is 48.7 Å². The van der Waals surface area contributed by atoms with Crippen LogP contribution in [0.4, 0.5) is 4.39 Å². The summed E-state index contributed by atoms with van der Waals surface area (Å²) < 4.78 is 58.0. The summed E-state index contributed by atoms with van der Waals surface area (Å²) >= 11 is 0. The Morgan fingerprint density at radius 2 is 1.76 bits per heavy atom. The van der Waals surface area contributed by atoms with E-state index in [1.165, 1.54) is 31.4 Å². The van der Waals surface area contributed by atoms with E-state index in [4.69, 9.17) is 14.2 Å². The molecule has 11 heteroatoms. The third-order valence-electron chi connectivity index (χ3n) is 6.57. The molecule has 1 amide bonds. The first-order chi connectivity index (χ1) is 19.8. The first-order valence-corrected chi connectivity index (χ1v) is 14.6. The summed E-state index contributed by atoms with van der Waals surface area (Å²) in [5.74, 6) is -0.533. The SMILES string of the molecule is COc1ccc(S(=O)(=O)N(CCO)CCO[C@H]2C[C@@H](c3ccc(F)cc3)C=C(C(=O)NCc3ccccc3)O2)cc1. The van der Waals surface area contributed by atoms with Crippen molar-refractivity contribution >= 4 is 15.9 Å². The maximum atomic E-state index is 13.6. The van der Waals surface area contributed by atoms with Crippen molar-refractivity contribution in [3.8, 4) is 5.75 Å². The molecule has 1 aliphatic rings. The minimum absolute atomic E-state index is 0.0531. The molecule has 0 unspecified atom stereocenters. The van der Waals surface area contributed by atoms with Crippen LogP contribution in [0.3, 0.4) is 0 Å². The van der Waals surface area contributed by atoms with Gasteiger partial charge in [-0.25, -0.2) is 12.8 Å². The van der Waals surface area contributed by atoms with Crippen molar-refractivity contribution in [2.45, 2.75) is 30.1 Å². The van der Waals surface area contributed by atoms with E-state index in [0.717, 1.165) is 15.4 Å². The van der Waals surface area contributed by atoms with E-state index < -0.39 is 22.2 Å². The highest BCUT2D eigenvalue weighted by molar-refractivity contribution is 7.89. The molecule has 0 radical (unpaired) electrons. The molecular formula is C30H33FN2O7S. The Labute approximate surface area is 239 Å². The molecule has 218 valence electrons. The van der Waals surface area contributed by atoms with E-state index in [0.29, 0.717) is 18.7 Å². The minimum Gasteiger partial charge on any atom is -0.497 e. The zero-order valence-electron chi connectivity index (χ0n) is 22.6. The highest BCUT2D eigenvalue weighted by Crippen LogP contribution is 2.32. The smallest absolute Gasteiger partial charge is 0.286 e. The molecule has 3 aromatic carbocycles. The molecule has 2 atom stereocenters. The van der Waals surface area contributed by atoms with Crippen molar-refractivity contribution in [2.75, 3.05) is 33.4 Å². The van der Waals surface area contributed by atoms with Crippen LogP contribution in [0.1, 0.15) is 23.5 Å². The molecule has 0 saturated heterocycles. The number of hydrogen-bond donors (Lipinski definition) is 2. The van der Waals surface area contributed by atoms with Gasteiger partial charge >= 0.3 is 0 Å². The average Bonchev–Trinajstić information content (AvgIpc) is 3.00. The largest absolute Gasteiger partial charge is 0.497 e. The van der Waals surface area contributed by atoms with Gasteiger partial charge in [0, 0.05) is 32.0 Å². The number of aliphatic hydroxyl groups is 1. The Kier molecular flexibility index (Phi) is 10.5. The van der Waals surface area contributed by atoms with Crippen LogP contribution in [0, 0.1) is 5.82 Å². The number of ether oxygens (including phenoxy) is 3. The van der Waals surface area contributed by atoms with Crippen molar-refractivity contribution in [3.63, 3.8) is 0 Å². The third-order valence-corrected chi connectivity index (χ3v) is 8.48. The van der Waals surface area contributed by atoms with Gasteiger partial charge in [-0.15, -0.1) is 0 Å². The van der Waals surface area contributed by atoms with Crippen LogP contribution in [0.5, 0.6) is 5.75 Å². The standard InChI is InChI=1S/C30H33FN2O7S/c1-38-26-11-13-27(14-12-26)41(36,37)33(15-17-34)16-18-39-29-20-24(23-7-9-25(31)10-8-23)19-28(40-29)30(35)32-21-22-5-3-2-4-6-22/h2-14,19,24,29,34H,15-18,20-21H2,1H3,(H,32,35)/t24-,29+/m0/s1. The lowest BCUT2D eigenvalue weighted by Gasteiger charge is -2.30. The second-order valence-corrected chi connectivity index (χ2v) is 11.3. The van der Waals surface area contributed by atoms with Crippen LogP contribution in [0.25, 0.3) is 0 Å². The van der Waals surface area contributed by atoms with E-state index in [9.17, 15) is 22.7 Å². The van der Waals surface area contributed by atoms with Crippen molar-refractivity contribution < 1.29 is 36.9 Å². The molecule has 0 bridgehead atoms. The normalized spacial score (nSPS) is 17.0. The Morgan fingerprint density at radius 3 is 2.41 bits per heavy atom. The molecule has 2 N–H and O–H groups in total. The number of carbonyl (C=O) groups excluding carboxylic acids is 1. The fourth-order valence-electron chi connectivity index (χ4n) is 4.37. The number of rotatable bonds is 13. The van der Waals surface area contributed by atoms with Gasteiger partial charge in [0.15, 0.2) is 5.76 Å². The molecule has 0 saturated carbocycles. The number of allylic oxidation sites excluding steroid dienone is 1. The van der Waals surface area contributed by atoms with E-state index in [1.54, 1.807) is 30.3 Å². The highest BCUT2D eigenvalue weighted by Gasteiger charge is 2.30. The molecule has 0 aromatic heterocycles. The lowest BCUT2D eigenvalue weighted by Crippen LogP contribution is -2.38. The average molecular weight is 585 g/mol. The Bertz CT molecular complexity index is 1420. The minimum atomic E-state index is -3.92. The van der Waals surface area contributed by atoms with Crippen molar-refractivity contribution in [2.24, 2.45) is 0 Å². The predicted octanol–water partition coefficient (Wildman–Crippen LogP) is 3.56. The van der Waals surface area contributed by atoms with Gasteiger partial charge < -0.3 is 24.6 Å². The fraction of sp³-hybridized carbons (Fsp3) is 0.300. The molecule has 9 nitrogen and oxygen atoms in total. The number of methoxy groups -OCH3 is 1. The molecule has 3 aromatic rings. The van der Waals surface area contributed by atoms with Gasteiger partial charge in [-0.1, -0.05) is 42.5 Å². The number of nitrogens with one attached hydrogen (secondary N) is 1. The molecule has 0 spiro atoms. The van der Waals surface area contributed by atoms with Crippen LogP contribution in [0.2, 0.25) is 0 Å². The van der Waals surface area contributed by atoms with Gasteiger partial charge in [-0.05, 0) is 53.6 Å². The molecule has 0 aliphatic carbocycles. The molecular weight excluding hydrogens is 551 g/mol. The monoisotopic (exact) mass is 584 g/mol. The highest BCUT2D eigenvalue weighted by atomic mass is 32.2. The molecule has 1 heterocycles. The molecule has 41 heavy (non-hydrogen) atoms. The summed E-state index contributed by atoms with van der Waals surface area (Å²) in [4.78, 5) is 13.1. The number of aliphatic hydroxyl groups excluding tert-OH is 1. The maximum Gasteiger partial charge on any atom is 0.286 e. The predicted molar refractivity (Wildman–Crippen MR) is 150 cm³/mol. The first kappa shape index (κ1) is 30.2. The van der Waals surface area contributed by atoms with Gasteiger partial charge in [0.1, 0.15) is 11.6 Å². The van der Waals surface area contributed by atoms with Crippen LogP contribution in [0.15, 0.2) is 95.6 Å². The number of sulfonamides is 1. The van der Waals surface area contributed by atoms with Crippen LogP contribution < -0.4 is 10.1 Å². The second kappa shape index (κ2) is 14.2. The van der Waals surface area contributed by atoms with Crippen molar-refractivity contribution in [1.29, 1.82) is 0 Å². The van der Waals surface area contributed by atoms with Crippen LogP contribution in [-0.2, 0) is 30.8 Å². The number of nitrogens with zero attached hydrogens (tertiary/aromatic N) is 1. The summed E-state index contributed by atoms with van der Waals surface area (Å²) in [5, 5.41) is 12.4. The summed E-state index contributed by atoms with van der Waals surface area (Å²) in [6.45, 7) is -0.332.